The Hall–Kier alpha value is -0.834. The van der Waals surface area contributed by atoms with Crippen LogP contribution in [0.1, 0.15) is 37.7 Å². The number of nitrogens with zero attached hydrogens (tertiary/aromatic N) is 1. The van der Waals surface area contributed by atoms with E-state index in [9.17, 15) is 4.39 Å². The van der Waals surface area contributed by atoms with Crippen molar-refractivity contribution in [2.45, 2.75) is 58.2 Å². The van der Waals surface area contributed by atoms with Crippen molar-refractivity contribution in [3.63, 3.8) is 0 Å². The number of benzene rings is 1. The molecule has 0 spiro atoms. The first-order valence-corrected chi connectivity index (χ1v) is 12.6. The minimum absolute atomic E-state index is 0. The third kappa shape index (κ3) is 5.32. The summed E-state index contributed by atoms with van der Waals surface area (Å²) in [7, 11) is -1.43. The molecule has 2 aromatic rings. The molecule has 1 aliphatic rings. The van der Waals surface area contributed by atoms with Crippen molar-refractivity contribution < 1.29 is 24.5 Å². The third-order valence-electron chi connectivity index (χ3n) is 5.08. The standard InChI is InChI=1S/C21H27FNSi.Ir/c1-24(2,3)21-15-23-20(17-9-11-19(22)12-10-17)14-18(21)13-16-7-5-4-6-8-16;/h9,11-12,14-16H,4-8,13H2,1-3H3;/q-1;. The quantitative estimate of drug-likeness (QED) is 0.382. The van der Waals surface area contributed by atoms with Crippen molar-refractivity contribution in [2.75, 3.05) is 0 Å². The van der Waals surface area contributed by atoms with Crippen LogP contribution in [0, 0.1) is 17.8 Å². The zero-order chi connectivity index (χ0) is 17.2. The SMILES string of the molecule is C[Si](C)(C)c1cnc(-c2[c-]cc(F)cc2)cc1CC1CCCCC1.[Ir]. The van der Waals surface area contributed by atoms with Crippen LogP contribution in [0.25, 0.3) is 11.3 Å². The maximum atomic E-state index is 13.2. The van der Waals surface area contributed by atoms with Gasteiger partial charge in [0.2, 0.25) is 0 Å². The number of hydrogen-bond acceptors (Lipinski definition) is 1. The van der Waals surface area contributed by atoms with Crippen LogP contribution in [0.3, 0.4) is 0 Å². The Morgan fingerprint density at radius 3 is 2.48 bits per heavy atom. The fourth-order valence-corrected chi connectivity index (χ4v) is 5.35. The van der Waals surface area contributed by atoms with Gasteiger partial charge < -0.3 is 4.98 Å². The summed E-state index contributed by atoms with van der Waals surface area (Å²) in [6.45, 7) is 7.16. The van der Waals surface area contributed by atoms with E-state index < -0.39 is 8.07 Å². The second-order valence-corrected chi connectivity index (χ2v) is 13.1. The van der Waals surface area contributed by atoms with Crippen molar-refractivity contribution in [1.82, 2.24) is 4.98 Å². The minimum atomic E-state index is -1.43. The fraction of sp³-hybridized carbons (Fsp3) is 0.476. The molecule has 0 bridgehead atoms. The van der Waals surface area contributed by atoms with Crippen LogP contribution in [0.4, 0.5) is 4.39 Å². The molecule has 0 atom stereocenters. The average Bonchev–Trinajstić information content (AvgIpc) is 2.55. The monoisotopic (exact) mass is 533 g/mol. The normalized spacial score (nSPS) is 15.7. The molecule has 0 aliphatic heterocycles. The molecule has 1 aromatic carbocycles. The van der Waals surface area contributed by atoms with Crippen LogP contribution in [-0.4, -0.2) is 13.1 Å². The summed E-state index contributed by atoms with van der Waals surface area (Å²) < 4.78 is 13.2. The van der Waals surface area contributed by atoms with Gasteiger partial charge in [0.25, 0.3) is 0 Å². The molecule has 3 rings (SSSR count). The van der Waals surface area contributed by atoms with Gasteiger partial charge in [-0.15, -0.1) is 29.8 Å². The number of halogens is 1. The molecule has 1 radical (unpaired) electrons. The summed E-state index contributed by atoms with van der Waals surface area (Å²) in [5.41, 5.74) is 3.26. The Bertz CT molecular complexity index is 688. The van der Waals surface area contributed by atoms with Crippen molar-refractivity contribution in [3.05, 3.63) is 47.9 Å². The second-order valence-electron chi connectivity index (χ2n) is 8.11. The molecule has 0 amide bonds. The Balaban J connectivity index is 0.00000225. The van der Waals surface area contributed by atoms with E-state index in [1.165, 1.54) is 55.0 Å². The average molecular weight is 533 g/mol. The predicted molar refractivity (Wildman–Crippen MR) is 102 cm³/mol. The molecule has 1 aliphatic carbocycles. The Kier molecular flexibility index (Phi) is 7.13. The van der Waals surface area contributed by atoms with E-state index in [1.54, 1.807) is 6.07 Å². The topological polar surface area (TPSA) is 12.9 Å². The maximum absolute atomic E-state index is 13.2. The van der Waals surface area contributed by atoms with Crippen LogP contribution < -0.4 is 5.19 Å². The van der Waals surface area contributed by atoms with Gasteiger partial charge in [-0.2, -0.15) is 0 Å². The number of aromatic nitrogens is 1. The smallest absolute Gasteiger partial charge is 0.0798 e. The molecular weight excluding hydrogens is 506 g/mol. The molecule has 4 heteroatoms. The molecule has 1 nitrogen and oxygen atoms in total. The fourth-order valence-electron chi connectivity index (χ4n) is 3.76. The first-order chi connectivity index (χ1) is 11.4. The van der Waals surface area contributed by atoms with Gasteiger partial charge in [-0.05, 0) is 23.2 Å². The Labute approximate surface area is 165 Å². The van der Waals surface area contributed by atoms with Crippen LogP contribution in [0.2, 0.25) is 19.6 Å². The Morgan fingerprint density at radius 1 is 1.16 bits per heavy atom. The zero-order valence-electron chi connectivity index (χ0n) is 15.4. The van der Waals surface area contributed by atoms with E-state index in [4.69, 9.17) is 0 Å². The van der Waals surface area contributed by atoms with Gasteiger partial charge in [0.05, 0.1) is 8.07 Å². The zero-order valence-corrected chi connectivity index (χ0v) is 18.8. The Morgan fingerprint density at radius 2 is 1.88 bits per heavy atom. The number of pyridine rings is 1. The first kappa shape index (κ1) is 20.5. The van der Waals surface area contributed by atoms with Crippen molar-refractivity contribution in [2.24, 2.45) is 5.92 Å². The van der Waals surface area contributed by atoms with Gasteiger partial charge >= 0.3 is 0 Å². The van der Waals surface area contributed by atoms with Gasteiger partial charge in [-0.1, -0.05) is 63.4 Å². The number of hydrogen-bond donors (Lipinski definition) is 0. The summed E-state index contributed by atoms with van der Waals surface area (Å²) in [4.78, 5) is 4.68. The minimum Gasteiger partial charge on any atom is -0.305 e. The molecule has 0 saturated heterocycles. The third-order valence-corrected chi connectivity index (χ3v) is 7.15. The van der Waals surface area contributed by atoms with E-state index >= 15 is 0 Å². The summed E-state index contributed by atoms with van der Waals surface area (Å²) >= 11 is 0. The van der Waals surface area contributed by atoms with Crippen LogP contribution in [0.5, 0.6) is 0 Å². The van der Waals surface area contributed by atoms with Crippen LogP contribution in [0.15, 0.2) is 30.5 Å². The van der Waals surface area contributed by atoms with Gasteiger partial charge in [-0.3, -0.25) is 4.39 Å². The van der Waals surface area contributed by atoms with E-state index in [2.05, 4.69) is 43.0 Å². The van der Waals surface area contributed by atoms with E-state index in [0.29, 0.717) is 0 Å². The van der Waals surface area contributed by atoms with E-state index in [0.717, 1.165) is 23.6 Å². The molecule has 1 saturated carbocycles. The summed E-state index contributed by atoms with van der Waals surface area (Å²) in [6, 6.07) is 9.91. The van der Waals surface area contributed by atoms with Gasteiger partial charge in [0.15, 0.2) is 0 Å². The summed E-state index contributed by atoms with van der Waals surface area (Å²) in [5, 5.41) is 1.47. The maximum Gasteiger partial charge on any atom is 0.0798 e. The largest absolute Gasteiger partial charge is 0.305 e. The molecule has 25 heavy (non-hydrogen) atoms. The molecule has 1 fully saturated rings. The first-order valence-electron chi connectivity index (χ1n) is 9.10. The molecule has 0 unspecified atom stereocenters. The summed E-state index contributed by atoms with van der Waals surface area (Å²) in [6.07, 6.45) is 10.1. The van der Waals surface area contributed by atoms with E-state index in [-0.39, 0.29) is 25.9 Å². The summed E-state index contributed by atoms with van der Waals surface area (Å²) in [5.74, 6) is 0.557. The van der Waals surface area contributed by atoms with Crippen molar-refractivity contribution >= 4 is 13.3 Å². The van der Waals surface area contributed by atoms with Gasteiger partial charge in [0.1, 0.15) is 0 Å². The van der Waals surface area contributed by atoms with Crippen LogP contribution >= 0.6 is 0 Å². The molecule has 1 heterocycles. The second kappa shape index (κ2) is 8.70. The van der Waals surface area contributed by atoms with Gasteiger partial charge in [0, 0.05) is 32.1 Å². The molecule has 137 valence electrons. The molecule has 1 aromatic heterocycles. The van der Waals surface area contributed by atoms with Crippen molar-refractivity contribution in [3.8, 4) is 11.3 Å². The van der Waals surface area contributed by atoms with Crippen molar-refractivity contribution in [1.29, 1.82) is 0 Å². The van der Waals surface area contributed by atoms with Gasteiger partial charge in [-0.25, -0.2) is 0 Å². The van der Waals surface area contributed by atoms with E-state index in [1.807, 2.05) is 0 Å². The van der Waals surface area contributed by atoms with Crippen LogP contribution in [-0.2, 0) is 26.5 Å². The predicted octanol–water partition coefficient (Wildman–Crippen LogP) is 5.35. The molecule has 0 N–H and O–H groups in total. The number of rotatable bonds is 4. The molecular formula is C21H27FIrNSi-.